The Hall–Kier alpha value is -1.90. The lowest BCUT2D eigenvalue weighted by molar-refractivity contribution is -0.122. The number of aliphatic hydroxyl groups is 1. The zero-order valence-corrected chi connectivity index (χ0v) is 17.6. The van der Waals surface area contributed by atoms with Gasteiger partial charge in [-0.1, -0.05) is 30.3 Å². The molecule has 0 fully saturated rings. The van der Waals surface area contributed by atoms with Crippen molar-refractivity contribution in [3.8, 4) is 0 Å². The molecule has 0 bridgehead atoms. The molecule has 1 unspecified atom stereocenters. The highest BCUT2D eigenvalue weighted by Crippen LogP contribution is 2.15. The van der Waals surface area contributed by atoms with Gasteiger partial charge in [0.1, 0.15) is 0 Å². The Bertz CT molecular complexity index is 828. The first-order valence-corrected chi connectivity index (χ1v) is 9.34. The summed E-state index contributed by atoms with van der Waals surface area (Å²) in [4.78, 5) is 16.5. The number of thiophene rings is 1. The third-order valence-electron chi connectivity index (χ3n) is 4.06. The van der Waals surface area contributed by atoms with Gasteiger partial charge in [-0.05, 0) is 28.0 Å². The third kappa shape index (κ3) is 6.92. The molecule has 3 aromatic rings. The van der Waals surface area contributed by atoms with Crippen LogP contribution in [0.25, 0.3) is 0 Å². The van der Waals surface area contributed by atoms with E-state index in [9.17, 15) is 9.90 Å². The predicted octanol–water partition coefficient (Wildman–Crippen LogP) is 2.56. The highest BCUT2D eigenvalue weighted by molar-refractivity contribution is 7.07. The Morgan fingerprint density at radius 3 is 2.68 bits per heavy atom. The number of carbonyl (C=O) groups is 1. The van der Waals surface area contributed by atoms with Gasteiger partial charge >= 0.3 is 0 Å². The van der Waals surface area contributed by atoms with E-state index in [4.69, 9.17) is 5.73 Å². The van der Waals surface area contributed by atoms with Crippen molar-refractivity contribution in [2.75, 3.05) is 6.54 Å². The van der Waals surface area contributed by atoms with Gasteiger partial charge in [-0.15, -0.1) is 24.8 Å². The summed E-state index contributed by atoms with van der Waals surface area (Å²) in [5.41, 5.74) is 8.72. The molecule has 1 aromatic carbocycles. The van der Waals surface area contributed by atoms with E-state index in [1.54, 1.807) is 6.33 Å². The van der Waals surface area contributed by atoms with Crippen LogP contribution in [-0.2, 0) is 17.8 Å². The van der Waals surface area contributed by atoms with Gasteiger partial charge in [-0.25, -0.2) is 4.98 Å². The molecule has 0 aliphatic rings. The highest BCUT2D eigenvalue weighted by atomic mass is 35.5. The maximum absolute atomic E-state index is 12.1. The first kappa shape index (κ1) is 24.1. The monoisotopic (exact) mass is 442 g/mol. The molecule has 0 radical (unpaired) electrons. The second-order valence-corrected chi connectivity index (χ2v) is 6.93. The zero-order valence-electron chi connectivity index (χ0n) is 15.1. The summed E-state index contributed by atoms with van der Waals surface area (Å²) in [6.07, 6.45) is 3.28. The summed E-state index contributed by atoms with van der Waals surface area (Å²) < 4.78 is 1.97. The average molecular weight is 443 g/mol. The van der Waals surface area contributed by atoms with Crippen LogP contribution in [0, 0.1) is 0 Å². The van der Waals surface area contributed by atoms with Crippen LogP contribution in [0.3, 0.4) is 0 Å². The minimum absolute atomic E-state index is 0. The van der Waals surface area contributed by atoms with Crippen molar-refractivity contribution in [3.63, 3.8) is 0 Å². The molecule has 2 aromatic heterocycles. The number of imidazole rings is 1. The molecule has 0 saturated heterocycles. The minimum atomic E-state index is -0.720. The average Bonchev–Trinajstić information content (AvgIpc) is 3.32. The van der Waals surface area contributed by atoms with E-state index in [0.717, 1.165) is 17.8 Å². The molecule has 2 atom stereocenters. The van der Waals surface area contributed by atoms with Crippen molar-refractivity contribution >= 4 is 42.1 Å². The molecule has 9 heteroatoms. The zero-order chi connectivity index (χ0) is 18.4. The van der Waals surface area contributed by atoms with Gasteiger partial charge in [0, 0.05) is 25.7 Å². The summed E-state index contributed by atoms with van der Waals surface area (Å²) in [5.74, 6) is -0.295. The number of carbonyl (C=O) groups excluding carboxylic acids is 1. The van der Waals surface area contributed by atoms with Gasteiger partial charge in [0.25, 0.3) is 0 Å². The van der Waals surface area contributed by atoms with Crippen molar-refractivity contribution in [2.24, 2.45) is 5.73 Å². The predicted molar refractivity (Wildman–Crippen MR) is 116 cm³/mol. The van der Waals surface area contributed by atoms with Crippen molar-refractivity contribution in [3.05, 3.63) is 76.5 Å². The van der Waals surface area contributed by atoms with Crippen molar-refractivity contribution in [1.29, 1.82) is 0 Å². The Labute approximate surface area is 180 Å². The van der Waals surface area contributed by atoms with Gasteiger partial charge in [-0.3, -0.25) is 4.79 Å². The lowest BCUT2D eigenvalue weighted by atomic mass is 10.1. The second kappa shape index (κ2) is 11.8. The van der Waals surface area contributed by atoms with Gasteiger partial charge in [0.05, 0.1) is 24.2 Å². The van der Waals surface area contributed by atoms with Gasteiger partial charge in [0.2, 0.25) is 5.91 Å². The summed E-state index contributed by atoms with van der Waals surface area (Å²) in [5, 5.41) is 16.4. The second-order valence-electron chi connectivity index (χ2n) is 6.15. The van der Waals surface area contributed by atoms with Gasteiger partial charge in [-0.2, -0.15) is 11.3 Å². The van der Waals surface area contributed by atoms with Gasteiger partial charge < -0.3 is 20.7 Å². The smallest absolute Gasteiger partial charge is 0.237 e. The lowest BCUT2D eigenvalue weighted by Gasteiger charge is -2.14. The van der Waals surface area contributed by atoms with Crippen LogP contribution < -0.4 is 11.1 Å². The number of amides is 1. The van der Waals surface area contributed by atoms with Gasteiger partial charge in [0.15, 0.2) is 0 Å². The number of nitrogens with one attached hydrogen (secondary N) is 1. The number of aliphatic hydroxyl groups excluding tert-OH is 1. The molecule has 0 aliphatic carbocycles. The number of nitrogens with two attached hydrogens (primary N) is 1. The molecule has 0 spiro atoms. The molecule has 152 valence electrons. The molecule has 1 amide bonds. The Morgan fingerprint density at radius 2 is 2.00 bits per heavy atom. The molecular formula is C19H24Cl2N4O2S. The molecule has 4 N–H and O–H groups in total. The van der Waals surface area contributed by atoms with Crippen molar-refractivity contribution < 1.29 is 9.90 Å². The van der Waals surface area contributed by atoms with E-state index >= 15 is 0 Å². The SMILES string of the molecule is Cl.Cl.N[C@@H](Cc1cn(Cc2ccccc2)cn1)C(=O)NCC(O)c1ccsc1. The fraction of sp³-hybridized carbons (Fsp3) is 0.263. The fourth-order valence-corrected chi connectivity index (χ4v) is 3.33. The van der Waals surface area contributed by atoms with E-state index in [1.165, 1.54) is 16.9 Å². The topological polar surface area (TPSA) is 93.2 Å². The molecule has 0 aliphatic heterocycles. The van der Waals surface area contributed by atoms with Crippen LogP contribution in [0.1, 0.15) is 22.9 Å². The largest absolute Gasteiger partial charge is 0.387 e. The standard InChI is InChI=1S/C19H22N4O2S.2ClH/c20-17(19(25)21-9-18(24)15-6-7-26-12-15)8-16-11-23(13-22-16)10-14-4-2-1-3-5-14;;/h1-7,11-13,17-18,24H,8-10,20H2,(H,21,25);2*1H/t17-,18?;;/m0../s1. The third-order valence-corrected chi connectivity index (χ3v) is 4.76. The molecule has 28 heavy (non-hydrogen) atoms. The minimum Gasteiger partial charge on any atom is -0.387 e. The Balaban J connectivity index is 0.00000196. The number of aromatic nitrogens is 2. The molecule has 2 heterocycles. The van der Waals surface area contributed by atoms with Crippen LogP contribution in [0.4, 0.5) is 0 Å². The molecule has 3 rings (SSSR count). The van der Waals surface area contributed by atoms with E-state index in [1.807, 2.05) is 45.8 Å². The molecule has 0 saturated carbocycles. The number of nitrogens with zero attached hydrogens (tertiary/aromatic N) is 2. The molecule has 6 nitrogen and oxygen atoms in total. The lowest BCUT2D eigenvalue weighted by Crippen LogP contribution is -2.43. The summed E-state index contributed by atoms with van der Waals surface area (Å²) in [6, 6.07) is 11.2. The Morgan fingerprint density at radius 1 is 1.25 bits per heavy atom. The first-order chi connectivity index (χ1) is 12.6. The molecular weight excluding hydrogens is 419 g/mol. The number of halogens is 2. The maximum Gasteiger partial charge on any atom is 0.237 e. The maximum atomic E-state index is 12.1. The van der Waals surface area contributed by atoms with Crippen LogP contribution in [0.15, 0.2) is 59.7 Å². The number of rotatable bonds is 8. The van der Waals surface area contributed by atoms with Crippen LogP contribution in [-0.4, -0.2) is 33.2 Å². The fourth-order valence-electron chi connectivity index (χ4n) is 2.62. The number of hydrogen-bond acceptors (Lipinski definition) is 5. The van der Waals surface area contributed by atoms with Crippen LogP contribution in [0.5, 0.6) is 0 Å². The van der Waals surface area contributed by atoms with E-state index in [-0.39, 0.29) is 37.3 Å². The van der Waals surface area contributed by atoms with Crippen molar-refractivity contribution in [2.45, 2.75) is 25.1 Å². The van der Waals surface area contributed by atoms with E-state index < -0.39 is 12.1 Å². The Kier molecular flexibility index (Phi) is 10.2. The summed E-state index contributed by atoms with van der Waals surface area (Å²) >= 11 is 1.51. The first-order valence-electron chi connectivity index (χ1n) is 8.40. The van der Waals surface area contributed by atoms with E-state index in [0.29, 0.717) is 6.42 Å². The highest BCUT2D eigenvalue weighted by Gasteiger charge is 2.17. The van der Waals surface area contributed by atoms with Crippen LogP contribution in [0.2, 0.25) is 0 Å². The normalized spacial score (nSPS) is 12.4. The summed E-state index contributed by atoms with van der Waals surface area (Å²) in [7, 11) is 0. The quantitative estimate of drug-likeness (QED) is 0.499. The number of benzene rings is 1. The van der Waals surface area contributed by atoms with E-state index in [2.05, 4.69) is 22.4 Å². The summed E-state index contributed by atoms with van der Waals surface area (Å²) in [6.45, 7) is 0.869. The van der Waals surface area contributed by atoms with Crippen LogP contribution >= 0.6 is 36.2 Å². The van der Waals surface area contributed by atoms with Crippen molar-refractivity contribution in [1.82, 2.24) is 14.9 Å². The number of hydrogen-bond donors (Lipinski definition) is 3.